The Balaban J connectivity index is 2.47. The number of nitriles is 1. The van der Waals surface area contributed by atoms with Crippen LogP contribution in [0.1, 0.15) is 18.4 Å². The van der Waals surface area contributed by atoms with Crippen LogP contribution in [0.5, 0.6) is 0 Å². The number of aryl methyl sites for hydroxylation is 1. The molecule has 16 heavy (non-hydrogen) atoms. The molecule has 0 spiro atoms. The first-order chi connectivity index (χ1) is 7.54. The third-order valence-electron chi connectivity index (χ3n) is 2.52. The summed E-state index contributed by atoms with van der Waals surface area (Å²) in [5, 5.41) is 12.9. The van der Waals surface area contributed by atoms with Gasteiger partial charge in [0.05, 0.1) is 5.75 Å². The van der Waals surface area contributed by atoms with E-state index in [0.29, 0.717) is 18.5 Å². The number of hydrogen-bond acceptors (Lipinski definition) is 4. The van der Waals surface area contributed by atoms with Crippen molar-refractivity contribution in [3.05, 3.63) is 11.8 Å². The molecule has 0 bridgehead atoms. The van der Waals surface area contributed by atoms with Crippen LogP contribution < -0.4 is 4.31 Å². The van der Waals surface area contributed by atoms with Crippen molar-refractivity contribution in [2.75, 3.05) is 16.6 Å². The third kappa shape index (κ3) is 1.76. The van der Waals surface area contributed by atoms with E-state index in [1.165, 1.54) is 15.2 Å². The second kappa shape index (κ2) is 3.79. The molecule has 1 aromatic rings. The maximum atomic E-state index is 11.8. The molecular weight excluding hydrogens is 228 g/mol. The topological polar surface area (TPSA) is 79.0 Å². The van der Waals surface area contributed by atoms with Gasteiger partial charge in [-0.1, -0.05) is 0 Å². The normalized spacial score (nSPS) is 19.4. The van der Waals surface area contributed by atoms with Crippen molar-refractivity contribution in [2.45, 2.75) is 12.8 Å². The monoisotopic (exact) mass is 240 g/mol. The molecule has 2 heterocycles. The van der Waals surface area contributed by atoms with Gasteiger partial charge in [0.1, 0.15) is 11.6 Å². The molecular formula is C9H12N4O2S. The van der Waals surface area contributed by atoms with Crippen molar-refractivity contribution >= 4 is 15.8 Å². The third-order valence-corrected chi connectivity index (χ3v) is 4.35. The summed E-state index contributed by atoms with van der Waals surface area (Å²) < 4.78 is 26.4. The Kier molecular flexibility index (Phi) is 2.59. The molecule has 2 rings (SSSR count). The highest BCUT2D eigenvalue weighted by atomic mass is 32.2. The molecule has 0 amide bonds. The molecule has 0 N–H and O–H groups in total. The molecule has 0 atom stereocenters. The van der Waals surface area contributed by atoms with Crippen LogP contribution in [0, 0.1) is 11.3 Å². The van der Waals surface area contributed by atoms with Crippen LogP contribution in [0.2, 0.25) is 0 Å². The average Bonchev–Trinajstić information content (AvgIpc) is 2.58. The van der Waals surface area contributed by atoms with Crippen LogP contribution in [0.3, 0.4) is 0 Å². The Hall–Kier alpha value is -1.55. The molecule has 1 aliphatic heterocycles. The van der Waals surface area contributed by atoms with Gasteiger partial charge in [0.15, 0.2) is 5.82 Å². The lowest BCUT2D eigenvalue weighted by Gasteiger charge is -2.26. The van der Waals surface area contributed by atoms with Crippen LogP contribution >= 0.6 is 0 Å². The predicted molar refractivity (Wildman–Crippen MR) is 58.3 cm³/mol. The quantitative estimate of drug-likeness (QED) is 0.703. The SMILES string of the molecule is Cn1cc(C#N)c(N2CCCCS2(=O)=O)n1. The van der Waals surface area contributed by atoms with Gasteiger partial charge in [-0.2, -0.15) is 10.4 Å². The Morgan fingerprint density at radius 2 is 2.25 bits per heavy atom. The Morgan fingerprint density at radius 1 is 1.50 bits per heavy atom. The van der Waals surface area contributed by atoms with E-state index in [0.717, 1.165) is 6.42 Å². The van der Waals surface area contributed by atoms with E-state index >= 15 is 0 Å². The van der Waals surface area contributed by atoms with E-state index < -0.39 is 10.0 Å². The summed E-state index contributed by atoms with van der Waals surface area (Å²) in [4.78, 5) is 0. The lowest BCUT2D eigenvalue weighted by Crippen LogP contribution is -2.38. The molecule has 0 saturated carbocycles. The number of sulfonamides is 1. The van der Waals surface area contributed by atoms with Gasteiger partial charge in [0, 0.05) is 19.8 Å². The largest absolute Gasteiger partial charge is 0.272 e. The minimum Gasteiger partial charge on any atom is -0.272 e. The zero-order valence-corrected chi connectivity index (χ0v) is 9.74. The summed E-state index contributed by atoms with van der Waals surface area (Å²) in [6.45, 7) is 0.411. The minimum atomic E-state index is -3.29. The average molecular weight is 240 g/mol. The lowest BCUT2D eigenvalue weighted by atomic mass is 10.3. The minimum absolute atomic E-state index is 0.133. The second-order valence-corrected chi connectivity index (χ2v) is 5.76. The number of nitrogens with zero attached hydrogens (tertiary/aromatic N) is 4. The van der Waals surface area contributed by atoms with Crippen LogP contribution in [-0.4, -0.2) is 30.5 Å². The summed E-state index contributed by atoms with van der Waals surface area (Å²) >= 11 is 0. The number of rotatable bonds is 1. The summed E-state index contributed by atoms with van der Waals surface area (Å²) in [5.41, 5.74) is 0.299. The molecule has 7 heteroatoms. The predicted octanol–water partition coefficient (Wildman–Crippen LogP) is 0.222. The Morgan fingerprint density at radius 3 is 2.88 bits per heavy atom. The molecule has 86 valence electrons. The van der Waals surface area contributed by atoms with Gasteiger partial charge in [-0.05, 0) is 12.8 Å². The van der Waals surface area contributed by atoms with E-state index in [1.54, 1.807) is 7.05 Å². The molecule has 0 unspecified atom stereocenters. The first-order valence-corrected chi connectivity index (χ1v) is 6.59. The fourth-order valence-corrected chi connectivity index (χ4v) is 3.36. The number of anilines is 1. The molecule has 0 radical (unpaired) electrons. The number of hydrogen-bond donors (Lipinski definition) is 0. The summed E-state index contributed by atoms with van der Waals surface area (Å²) in [7, 11) is -1.62. The fourth-order valence-electron chi connectivity index (χ4n) is 1.77. The van der Waals surface area contributed by atoms with E-state index in [2.05, 4.69) is 5.10 Å². The summed E-state index contributed by atoms with van der Waals surface area (Å²) in [6, 6.07) is 1.96. The van der Waals surface area contributed by atoms with Crippen molar-refractivity contribution in [1.82, 2.24) is 9.78 Å². The van der Waals surface area contributed by atoms with Crippen molar-refractivity contribution in [2.24, 2.45) is 7.05 Å². The Labute approximate surface area is 94.1 Å². The standard InChI is InChI=1S/C9H12N4O2S/c1-12-7-8(6-10)9(11-12)13-4-2-3-5-16(13,14)15/h7H,2-5H2,1H3. The van der Waals surface area contributed by atoms with Gasteiger partial charge in [-0.15, -0.1) is 0 Å². The first-order valence-electron chi connectivity index (χ1n) is 4.99. The van der Waals surface area contributed by atoms with Gasteiger partial charge in [0.2, 0.25) is 10.0 Å². The van der Waals surface area contributed by atoms with Crippen molar-refractivity contribution in [3.63, 3.8) is 0 Å². The second-order valence-electron chi connectivity index (χ2n) is 3.75. The Bertz CT molecular complexity index is 540. The van der Waals surface area contributed by atoms with Gasteiger partial charge in [-0.25, -0.2) is 8.42 Å². The smallest absolute Gasteiger partial charge is 0.236 e. The lowest BCUT2D eigenvalue weighted by molar-refractivity contribution is 0.572. The van der Waals surface area contributed by atoms with E-state index in [1.807, 2.05) is 6.07 Å². The molecule has 0 aliphatic carbocycles. The first kappa shape index (κ1) is 11.0. The zero-order chi connectivity index (χ0) is 11.8. The summed E-state index contributed by atoms with van der Waals surface area (Å²) in [6.07, 6.45) is 3.01. The maximum Gasteiger partial charge on any atom is 0.236 e. The van der Waals surface area contributed by atoms with Gasteiger partial charge in [-0.3, -0.25) is 8.99 Å². The van der Waals surface area contributed by atoms with Crippen LogP contribution in [0.25, 0.3) is 0 Å². The van der Waals surface area contributed by atoms with E-state index in [-0.39, 0.29) is 11.6 Å². The molecule has 0 aromatic carbocycles. The maximum absolute atomic E-state index is 11.8. The molecule has 6 nitrogen and oxygen atoms in total. The summed E-state index contributed by atoms with van der Waals surface area (Å²) in [5.74, 6) is 0.388. The van der Waals surface area contributed by atoms with Crippen molar-refractivity contribution in [3.8, 4) is 6.07 Å². The highest BCUT2D eigenvalue weighted by Crippen LogP contribution is 2.24. The van der Waals surface area contributed by atoms with Crippen LogP contribution in [0.15, 0.2) is 6.20 Å². The van der Waals surface area contributed by atoms with E-state index in [4.69, 9.17) is 5.26 Å². The zero-order valence-electron chi connectivity index (χ0n) is 8.92. The van der Waals surface area contributed by atoms with Gasteiger partial charge in [0.25, 0.3) is 0 Å². The van der Waals surface area contributed by atoms with Crippen LogP contribution in [-0.2, 0) is 17.1 Å². The number of aromatic nitrogens is 2. The van der Waals surface area contributed by atoms with Crippen molar-refractivity contribution < 1.29 is 8.42 Å². The molecule has 1 saturated heterocycles. The highest BCUT2D eigenvalue weighted by Gasteiger charge is 2.29. The highest BCUT2D eigenvalue weighted by molar-refractivity contribution is 7.92. The van der Waals surface area contributed by atoms with Crippen molar-refractivity contribution in [1.29, 1.82) is 5.26 Å². The van der Waals surface area contributed by atoms with Gasteiger partial charge >= 0.3 is 0 Å². The fraction of sp³-hybridized carbons (Fsp3) is 0.556. The van der Waals surface area contributed by atoms with Gasteiger partial charge < -0.3 is 0 Å². The molecule has 1 aliphatic rings. The van der Waals surface area contributed by atoms with E-state index in [9.17, 15) is 8.42 Å². The molecule has 1 fully saturated rings. The molecule has 1 aromatic heterocycles. The van der Waals surface area contributed by atoms with Crippen LogP contribution in [0.4, 0.5) is 5.82 Å².